The van der Waals surface area contributed by atoms with Crippen molar-refractivity contribution in [1.82, 2.24) is 4.98 Å². The summed E-state index contributed by atoms with van der Waals surface area (Å²) in [6.07, 6.45) is 0.875. The summed E-state index contributed by atoms with van der Waals surface area (Å²) in [6.45, 7) is 6.09. The van der Waals surface area contributed by atoms with Gasteiger partial charge in [0.15, 0.2) is 5.82 Å². The van der Waals surface area contributed by atoms with Gasteiger partial charge in [-0.3, -0.25) is 4.98 Å². The fourth-order valence-electron chi connectivity index (χ4n) is 2.20. The number of rotatable bonds is 3. The van der Waals surface area contributed by atoms with Gasteiger partial charge in [0.1, 0.15) is 6.07 Å². The Kier molecular flexibility index (Phi) is 4.56. The summed E-state index contributed by atoms with van der Waals surface area (Å²) in [5, 5.41) is 18.5. The number of carboxylic acids is 1. The molecule has 0 saturated carbocycles. The Labute approximate surface area is 140 Å². The Morgan fingerprint density at radius 2 is 2.00 bits per heavy atom. The molecular formula is C18H18FN3O2. The second-order valence-corrected chi connectivity index (χ2v) is 6.43. The molecule has 0 aliphatic rings. The van der Waals surface area contributed by atoms with Crippen LogP contribution in [0.1, 0.15) is 36.7 Å². The molecule has 0 saturated heterocycles. The van der Waals surface area contributed by atoms with Crippen molar-refractivity contribution in [2.75, 3.05) is 11.9 Å². The van der Waals surface area contributed by atoms with E-state index < -0.39 is 17.3 Å². The minimum absolute atomic E-state index is 0.169. The number of carbonyl (C=O) groups is 1. The molecule has 0 aliphatic carbocycles. The van der Waals surface area contributed by atoms with E-state index in [1.807, 2.05) is 32.7 Å². The monoisotopic (exact) mass is 327 g/mol. The zero-order valence-corrected chi connectivity index (χ0v) is 14.0. The lowest BCUT2D eigenvalue weighted by Crippen LogP contribution is -2.38. The molecule has 24 heavy (non-hydrogen) atoms. The van der Waals surface area contributed by atoms with Gasteiger partial charge in [-0.25, -0.2) is 9.18 Å². The first kappa shape index (κ1) is 17.4. The fraction of sp³-hybridized carbons (Fsp3) is 0.278. The molecule has 1 aromatic carbocycles. The SMILES string of the molecule is CN(c1ccc(-c2cc(C(=O)O)c(F)cn2)cc1C#N)C(C)(C)C. The Morgan fingerprint density at radius 1 is 1.33 bits per heavy atom. The average Bonchev–Trinajstić information content (AvgIpc) is 2.52. The van der Waals surface area contributed by atoms with Crippen molar-refractivity contribution in [2.45, 2.75) is 26.3 Å². The molecule has 0 spiro atoms. The van der Waals surface area contributed by atoms with Crippen molar-refractivity contribution >= 4 is 11.7 Å². The van der Waals surface area contributed by atoms with Gasteiger partial charge in [0.2, 0.25) is 0 Å². The van der Waals surface area contributed by atoms with Gasteiger partial charge >= 0.3 is 5.97 Å². The summed E-state index contributed by atoms with van der Waals surface area (Å²) in [4.78, 5) is 17.0. The molecule has 1 aromatic heterocycles. The lowest BCUT2D eigenvalue weighted by molar-refractivity contribution is 0.0691. The third-order valence-corrected chi connectivity index (χ3v) is 3.87. The highest BCUT2D eigenvalue weighted by molar-refractivity contribution is 5.89. The van der Waals surface area contributed by atoms with E-state index in [1.54, 1.807) is 18.2 Å². The van der Waals surface area contributed by atoms with Gasteiger partial charge in [0, 0.05) is 18.2 Å². The van der Waals surface area contributed by atoms with E-state index in [9.17, 15) is 14.4 Å². The van der Waals surface area contributed by atoms with Crippen LogP contribution in [0.5, 0.6) is 0 Å². The van der Waals surface area contributed by atoms with Gasteiger partial charge in [-0.2, -0.15) is 5.26 Å². The fourth-order valence-corrected chi connectivity index (χ4v) is 2.20. The van der Waals surface area contributed by atoms with Crippen LogP contribution in [0.25, 0.3) is 11.3 Å². The number of carboxylic acid groups (broad SMARTS) is 1. The molecule has 2 rings (SSSR count). The molecule has 2 aromatic rings. The smallest absolute Gasteiger partial charge is 0.338 e. The van der Waals surface area contributed by atoms with Crippen molar-refractivity contribution in [3.63, 3.8) is 0 Å². The number of benzene rings is 1. The van der Waals surface area contributed by atoms with Crippen LogP contribution in [0.15, 0.2) is 30.5 Å². The summed E-state index contributed by atoms with van der Waals surface area (Å²) >= 11 is 0. The molecule has 0 fully saturated rings. The maximum absolute atomic E-state index is 13.5. The minimum Gasteiger partial charge on any atom is -0.478 e. The van der Waals surface area contributed by atoms with Crippen molar-refractivity contribution < 1.29 is 14.3 Å². The molecule has 124 valence electrons. The van der Waals surface area contributed by atoms with Crippen molar-refractivity contribution in [3.05, 3.63) is 47.4 Å². The highest BCUT2D eigenvalue weighted by Gasteiger charge is 2.21. The molecule has 0 unspecified atom stereocenters. The average molecular weight is 327 g/mol. The van der Waals surface area contributed by atoms with Crippen LogP contribution in [-0.2, 0) is 0 Å². The quantitative estimate of drug-likeness (QED) is 0.930. The van der Waals surface area contributed by atoms with Gasteiger partial charge in [-0.05, 0) is 39.0 Å². The summed E-state index contributed by atoms with van der Waals surface area (Å²) in [7, 11) is 1.90. The molecule has 5 nitrogen and oxygen atoms in total. The van der Waals surface area contributed by atoms with Gasteiger partial charge < -0.3 is 10.0 Å². The standard InChI is InChI=1S/C18H18FN3O2/c1-18(2,3)22(4)16-6-5-11(7-12(16)9-20)15-8-13(17(23)24)14(19)10-21-15/h5-8,10H,1-4H3,(H,23,24). The molecule has 0 aliphatic heterocycles. The van der Waals surface area contributed by atoms with E-state index >= 15 is 0 Å². The predicted molar refractivity (Wildman–Crippen MR) is 89.5 cm³/mol. The zero-order chi connectivity index (χ0) is 18.1. The molecule has 0 radical (unpaired) electrons. The Morgan fingerprint density at radius 3 is 2.54 bits per heavy atom. The number of hydrogen-bond acceptors (Lipinski definition) is 4. The first-order chi connectivity index (χ1) is 11.1. The van der Waals surface area contributed by atoms with Crippen molar-refractivity contribution in [2.24, 2.45) is 0 Å². The molecule has 6 heteroatoms. The van der Waals surface area contributed by atoms with Gasteiger partial charge in [0.25, 0.3) is 0 Å². The van der Waals surface area contributed by atoms with Crippen LogP contribution in [0.4, 0.5) is 10.1 Å². The van der Waals surface area contributed by atoms with Crippen LogP contribution in [0.2, 0.25) is 0 Å². The minimum atomic E-state index is -1.36. The zero-order valence-electron chi connectivity index (χ0n) is 14.0. The van der Waals surface area contributed by atoms with E-state index in [0.717, 1.165) is 11.9 Å². The van der Waals surface area contributed by atoms with Crippen molar-refractivity contribution in [1.29, 1.82) is 5.26 Å². The van der Waals surface area contributed by atoms with Crippen LogP contribution >= 0.6 is 0 Å². The lowest BCUT2D eigenvalue weighted by atomic mass is 10.0. The van der Waals surface area contributed by atoms with Gasteiger partial charge in [-0.15, -0.1) is 0 Å². The molecule has 1 heterocycles. The van der Waals surface area contributed by atoms with Gasteiger partial charge in [0.05, 0.1) is 28.7 Å². The van der Waals surface area contributed by atoms with E-state index in [0.29, 0.717) is 16.8 Å². The first-order valence-corrected chi connectivity index (χ1v) is 7.32. The molecule has 0 amide bonds. The summed E-state index contributed by atoms with van der Waals surface area (Å²) in [5.41, 5.74) is 1.43. The topological polar surface area (TPSA) is 77.2 Å². The lowest BCUT2D eigenvalue weighted by Gasteiger charge is -2.34. The van der Waals surface area contributed by atoms with E-state index in [2.05, 4.69) is 11.1 Å². The number of halogens is 1. The Bertz CT molecular complexity index is 835. The number of hydrogen-bond donors (Lipinski definition) is 1. The molecular weight excluding hydrogens is 309 g/mol. The highest BCUT2D eigenvalue weighted by atomic mass is 19.1. The number of anilines is 1. The third-order valence-electron chi connectivity index (χ3n) is 3.87. The van der Waals surface area contributed by atoms with Crippen LogP contribution in [0, 0.1) is 17.1 Å². The number of aromatic nitrogens is 1. The first-order valence-electron chi connectivity index (χ1n) is 7.32. The summed E-state index contributed by atoms with van der Waals surface area (Å²) in [6, 6.07) is 8.47. The van der Waals surface area contributed by atoms with E-state index in [1.165, 1.54) is 6.07 Å². The van der Waals surface area contributed by atoms with E-state index in [-0.39, 0.29) is 5.54 Å². The molecule has 0 bridgehead atoms. The third kappa shape index (κ3) is 3.35. The summed E-state index contributed by atoms with van der Waals surface area (Å²) < 4.78 is 13.5. The predicted octanol–water partition coefficient (Wildman–Crippen LogP) is 3.69. The second-order valence-electron chi connectivity index (χ2n) is 6.43. The normalized spacial score (nSPS) is 11.0. The van der Waals surface area contributed by atoms with Crippen LogP contribution in [-0.4, -0.2) is 28.6 Å². The van der Waals surface area contributed by atoms with Gasteiger partial charge in [-0.1, -0.05) is 6.07 Å². The number of nitrogens with zero attached hydrogens (tertiary/aromatic N) is 3. The van der Waals surface area contributed by atoms with Crippen molar-refractivity contribution in [3.8, 4) is 17.3 Å². The number of pyridine rings is 1. The molecule has 1 N–H and O–H groups in total. The maximum atomic E-state index is 13.5. The highest BCUT2D eigenvalue weighted by Crippen LogP contribution is 2.30. The summed E-state index contributed by atoms with van der Waals surface area (Å²) in [5.74, 6) is -2.25. The van der Waals surface area contributed by atoms with Crippen LogP contribution in [0.3, 0.4) is 0 Å². The molecule has 0 atom stereocenters. The second kappa shape index (κ2) is 6.28. The maximum Gasteiger partial charge on any atom is 0.338 e. The largest absolute Gasteiger partial charge is 0.478 e. The van der Waals surface area contributed by atoms with E-state index in [4.69, 9.17) is 5.11 Å². The van der Waals surface area contributed by atoms with Crippen LogP contribution < -0.4 is 4.90 Å². The Balaban J connectivity index is 2.54. The number of nitriles is 1. The Hall–Kier alpha value is -2.94. The number of aromatic carboxylic acids is 1.